The fourth-order valence-electron chi connectivity index (χ4n) is 2.46. The average molecular weight is 342 g/mol. The molecule has 0 aromatic carbocycles. The van der Waals surface area contributed by atoms with E-state index < -0.39 is 30.6 Å². The largest absolute Gasteiger partial charge is 0.390 e. The third-order valence-corrected chi connectivity index (χ3v) is 3.56. The van der Waals surface area contributed by atoms with Gasteiger partial charge in [0, 0.05) is 6.92 Å². The lowest BCUT2D eigenvalue weighted by molar-refractivity contribution is -0.264. The van der Waals surface area contributed by atoms with Crippen LogP contribution in [-0.4, -0.2) is 73.5 Å². The molecule has 0 bridgehead atoms. The number of amides is 1. The Morgan fingerprint density at radius 1 is 1.54 bits per heavy atom. The van der Waals surface area contributed by atoms with Gasteiger partial charge in [-0.05, 0) is 0 Å². The first-order valence-electron chi connectivity index (χ1n) is 7.47. The number of hydrogen-bond donors (Lipinski definition) is 4. The second-order valence-electron chi connectivity index (χ2n) is 5.46. The quantitative estimate of drug-likeness (QED) is 0.414. The Morgan fingerprint density at radius 3 is 2.88 bits per heavy atom. The van der Waals surface area contributed by atoms with Crippen LogP contribution >= 0.6 is 0 Å². The summed E-state index contributed by atoms with van der Waals surface area (Å²) in [6.07, 6.45) is -1.35. The topological polar surface area (TPSA) is 139 Å². The number of aliphatic hydroxyl groups excluding tert-OH is 3. The van der Waals surface area contributed by atoms with E-state index in [-0.39, 0.29) is 25.7 Å². The molecular weight excluding hydrogens is 320 g/mol. The highest BCUT2D eigenvalue weighted by molar-refractivity contribution is 5.73. The number of carbonyl (C=O) groups excluding carboxylic acids is 1. The molecule has 4 N–H and O–H groups in total. The Labute approximate surface area is 138 Å². The van der Waals surface area contributed by atoms with Gasteiger partial charge < -0.3 is 30.1 Å². The molecule has 0 saturated carbocycles. The highest BCUT2D eigenvalue weighted by Gasteiger charge is 2.45. The Kier molecular flexibility index (Phi) is 6.40. The average Bonchev–Trinajstić information content (AvgIpc) is 3.00. The maximum Gasteiger partial charge on any atom is 0.217 e. The van der Waals surface area contributed by atoms with Gasteiger partial charge in [0.2, 0.25) is 5.91 Å². The molecule has 1 aliphatic rings. The molecule has 2 heterocycles. The van der Waals surface area contributed by atoms with Crippen LogP contribution in [0.25, 0.3) is 0 Å². The van der Waals surface area contributed by atoms with Gasteiger partial charge in [-0.15, -0.1) is 11.7 Å². The molecule has 5 atom stereocenters. The molecule has 0 unspecified atom stereocenters. The highest BCUT2D eigenvalue weighted by Crippen LogP contribution is 2.23. The molecule has 134 valence electrons. The van der Waals surface area contributed by atoms with Crippen LogP contribution in [0.3, 0.4) is 0 Å². The summed E-state index contributed by atoms with van der Waals surface area (Å²) in [4.78, 5) is 11.3. The predicted molar refractivity (Wildman–Crippen MR) is 80.4 cm³/mol. The lowest BCUT2D eigenvalue weighted by atomic mass is 9.96. The third-order valence-electron chi connectivity index (χ3n) is 3.56. The van der Waals surface area contributed by atoms with E-state index in [1.54, 1.807) is 0 Å². The zero-order chi connectivity index (χ0) is 17.7. The first kappa shape index (κ1) is 18.5. The van der Waals surface area contributed by atoms with E-state index in [4.69, 9.17) is 14.6 Å². The van der Waals surface area contributed by atoms with E-state index in [9.17, 15) is 15.0 Å². The van der Waals surface area contributed by atoms with Crippen LogP contribution < -0.4 is 5.32 Å². The minimum absolute atomic E-state index is 0.0893. The van der Waals surface area contributed by atoms with Crippen molar-refractivity contribution in [3.8, 4) is 0 Å². The second-order valence-corrected chi connectivity index (χ2v) is 5.46. The fraction of sp³-hybridized carbons (Fsp3) is 0.643. The van der Waals surface area contributed by atoms with E-state index in [1.807, 2.05) is 0 Å². The minimum atomic E-state index is -1.29. The first-order valence-corrected chi connectivity index (χ1v) is 7.47. The van der Waals surface area contributed by atoms with Crippen molar-refractivity contribution in [2.45, 2.75) is 50.7 Å². The van der Waals surface area contributed by atoms with Gasteiger partial charge in [0.1, 0.15) is 30.0 Å². The van der Waals surface area contributed by atoms with Gasteiger partial charge in [-0.2, -0.15) is 0 Å². The van der Waals surface area contributed by atoms with Crippen molar-refractivity contribution in [2.24, 2.45) is 0 Å². The van der Waals surface area contributed by atoms with Gasteiger partial charge in [0.05, 0.1) is 26.0 Å². The van der Waals surface area contributed by atoms with Crippen LogP contribution in [0.5, 0.6) is 0 Å². The Hall–Kier alpha value is -1.85. The number of rotatable bonds is 7. The van der Waals surface area contributed by atoms with E-state index in [1.165, 1.54) is 23.9 Å². The fourth-order valence-corrected chi connectivity index (χ4v) is 2.46. The monoisotopic (exact) mass is 342 g/mol. The summed E-state index contributed by atoms with van der Waals surface area (Å²) >= 11 is 0. The Morgan fingerprint density at radius 2 is 2.29 bits per heavy atom. The molecule has 0 spiro atoms. The number of hydrogen-bond acceptors (Lipinski definition) is 8. The molecule has 1 saturated heterocycles. The van der Waals surface area contributed by atoms with Crippen molar-refractivity contribution in [1.29, 1.82) is 0 Å². The van der Waals surface area contributed by atoms with Gasteiger partial charge in [0.15, 0.2) is 6.29 Å². The number of aliphatic hydroxyl groups is 3. The predicted octanol–water partition coefficient (Wildman–Crippen LogP) is -2.08. The number of carbonyl (C=O) groups is 1. The molecule has 10 nitrogen and oxygen atoms in total. The molecule has 0 radical (unpaired) electrons. The van der Waals surface area contributed by atoms with Gasteiger partial charge in [0.25, 0.3) is 0 Å². The van der Waals surface area contributed by atoms with E-state index in [0.717, 1.165) is 0 Å². The maximum absolute atomic E-state index is 11.3. The van der Waals surface area contributed by atoms with Crippen LogP contribution in [0, 0.1) is 0 Å². The number of nitrogens with one attached hydrogen (secondary N) is 1. The van der Waals surface area contributed by atoms with Crippen molar-refractivity contribution in [3.63, 3.8) is 0 Å². The summed E-state index contributed by atoms with van der Waals surface area (Å²) in [7, 11) is 0. The van der Waals surface area contributed by atoms with Crippen LogP contribution in [-0.2, 0) is 27.4 Å². The van der Waals surface area contributed by atoms with Gasteiger partial charge in [-0.3, -0.25) is 4.79 Å². The summed E-state index contributed by atoms with van der Waals surface area (Å²) in [6.45, 7) is 4.81. The van der Waals surface area contributed by atoms with Crippen molar-refractivity contribution in [2.75, 3.05) is 6.61 Å². The molecule has 1 amide bonds. The first-order chi connectivity index (χ1) is 11.5. The molecular formula is C14H22N4O6. The minimum Gasteiger partial charge on any atom is -0.390 e. The smallest absolute Gasteiger partial charge is 0.217 e. The Balaban J connectivity index is 2.11. The lowest BCUT2D eigenvalue weighted by Crippen LogP contribution is -2.64. The zero-order valence-electron chi connectivity index (χ0n) is 13.3. The van der Waals surface area contributed by atoms with E-state index in [0.29, 0.717) is 5.69 Å². The summed E-state index contributed by atoms with van der Waals surface area (Å²) in [6, 6.07) is -0.919. The summed E-state index contributed by atoms with van der Waals surface area (Å²) in [5.74, 6) is -0.385. The van der Waals surface area contributed by atoms with Crippen molar-refractivity contribution < 1.29 is 29.6 Å². The summed E-state index contributed by atoms with van der Waals surface area (Å²) < 4.78 is 12.5. The molecule has 1 aromatic rings. The highest BCUT2D eigenvalue weighted by atomic mass is 16.7. The zero-order valence-corrected chi connectivity index (χ0v) is 13.3. The van der Waals surface area contributed by atoms with Crippen LogP contribution in [0.4, 0.5) is 0 Å². The molecule has 1 aliphatic heterocycles. The van der Waals surface area contributed by atoms with Crippen molar-refractivity contribution in [1.82, 2.24) is 20.3 Å². The van der Waals surface area contributed by atoms with Crippen molar-refractivity contribution in [3.05, 3.63) is 24.5 Å². The third kappa shape index (κ3) is 4.36. The number of aromatic nitrogens is 3. The van der Waals surface area contributed by atoms with Gasteiger partial charge in [-0.25, -0.2) is 4.68 Å². The number of ether oxygens (including phenoxy) is 2. The SMILES string of the molecule is C=CCO[C@H]1O[C@H](Cn2cc(CO)nn2)[C@H](O)[C@H](O)[C@H]1NC(C)=O. The Bertz CT molecular complexity index is 565. The molecule has 10 heteroatoms. The summed E-state index contributed by atoms with van der Waals surface area (Å²) in [5.41, 5.74) is 0.372. The number of nitrogens with zero attached hydrogens (tertiary/aromatic N) is 3. The van der Waals surface area contributed by atoms with Crippen molar-refractivity contribution >= 4 is 5.91 Å². The van der Waals surface area contributed by atoms with E-state index in [2.05, 4.69) is 22.2 Å². The standard InChI is InChI=1S/C14H22N4O6/c1-3-4-23-14-11(15-8(2)20)13(22)12(21)10(24-14)6-18-5-9(7-19)16-17-18/h3,5,10-14,19,21-22H,1,4,6-7H2,2H3,(H,15,20)/t10-,11-,12+,13-,14+/m1/s1. The van der Waals surface area contributed by atoms with Crippen LogP contribution in [0.2, 0.25) is 0 Å². The maximum atomic E-state index is 11.3. The lowest BCUT2D eigenvalue weighted by Gasteiger charge is -2.42. The molecule has 2 rings (SSSR count). The molecule has 1 fully saturated rings. The van der Waals surface area contributed by atoms with Crippen LogP contribution in [0.1, 0.15) is 12.6 Å². The normalized spacial score (nSPS) is 30.1. The van der Waals surface area contributed by atoms with Gasteiger partial charge in [-0.1, -0.05) is 11.3 Å². The molecule has 1 aromatic heterocycles. The molecule has 0 aliphatic carbocycles. The molecule has 24 heavy (non-hydrogen) atoms. The van der Waals surface area contributed by atoms with E-state index >= 15 is 0 Å². The van der Waals surface area contributed by atoms with Crippen LogP contribution in [0.15, 0.2) is 18.9 Å². The summed E-state index contributed by atoms with van der Waals surface area (Å²) in [5, 5.41) is 39.6. The van der Waals surface area contributed by atoms with Gasteiger partial charge >= 0.3 is 0 Å². The second kappa shape index (κ2) is 8.31.